The summed E-state index contributed by atoms with van der Waals surface area (Å²) in [6.45, 7) is 2.25. The van der Waals surface area contributed by atoms with Crippen molar-refractivity contribution in [3.63, 3.8) is 0 Å². The fraction of sp³-hybridized carbons (Fsp3) is 0.471. The fourth-order valence-electron chi connectivity index (χ4n) is 2.49. The highest BCUT2D eigenvalue weighted by atomic mass is 14.7. The minimum absolute atomic E-state index is 0.734. The van der Waals surface area contributed by atoms with Crippen molar-refractivity contribution in [2.75, 3.05) is 0 Å². The van der Waals surface area contributed by atoms with Crippen LogP contribution in [0.4, 0.5) is 0 Å². The minimum atomic E-state index is 0.734. The van der Waals surface area contributed by atoms with Crippen LogP contribution in [0.5, 0.6) is 0 Å². The predicted octanol–water partition coefficient (Wildman–Crippen LogP) is 4.94. The number of nitrogens with one attached hydrogen (secondary N) is 1. The maximum absolute atomic E-state index is 8.89. The zero-order valence-corrected chi connectivity index (χ0v) is 11.7. The lowest BCUT2D eigenvalue weighted by atomic mass is 10.1. The van der Waals surface area contributed by atoms with E-state index in [1.165, 1.54) is 44.2 Å². The number of rotatable bonds is 7. The van der Waals surface area contributed by atoms with E-state index in [2.05, 4.69) is 24.0 Å². The van der Waals surface area contributed by atoms with Crippen LogP contribution >= 0.6 is 0 Å². The molecule has 0 spiro atoms. The molecule has 2 nitrogen and oxygen atoms in total. The van der Waals surface area contributed by atoms with Crippen molar-refractivity contribution in [2.45, 2.75) is 51.9 Å². The molecule has 1 N–H and O–H groups in total. The SMILES string of the molecule is CCCCCCCCc1cc2cc(C#N)ccc2[nH]1. The Hall–Kier alpha value is -1.75. The minimum Gasteiger partial charge on any atom is -0.358 e. The van der Waals surface area contributed by atoms with Gasteiger partial charge in [0.2, 0.25) is 0 Å². The van der Waals surface area contributed by atoms with E-state index in [-0.39, 0.29) is 0 Å². The molecule has 2 heteroatoms. The van der Waals surface area contributed by atoms with Gasteiger partial charge < -0.3 is 4.98 Å². The monoisotopic (exact) mass is 254 g/mol. The topological polar surface area (TPSA) is 39.6 Å². The standard InChI is InChI=1S/C17H22N2/c1-2-3-4-5-6-7-8-16-12-15-11-14(13-18)9-10-17(15)19-16/h9-12,19H,2-8H2,1H3. The van der Waals surface area contributed by atoms with Crippen LogP contribution in [0.2, 0.25) is 0 Å². The van der Waals surface area contributed by atoms with Crippen molar-refractivity contribution < 1.29 is 0 Å². The van der Waals surface area contributed by atoms with Gasteiger partial charge in [-0.1, -0.05) is 39.0 Å². The number of nitriles is 1. The quantitative estimate of drug-likeness (QED) is 0.698. The van der Waals surface area contributed by atoms with E-state index in [1.54, 1.807) is 0 Å². The molecule has 0 amide bonds. The number of hydrogen-bond acceptors (Lipinski definition) is 1. The molecule has 2 aromatic rings. The third-order valence-electron chi connectivity index (χ3n) is 3.61. The van der Waals surface area contributed by atoms with E-state index >= 15 is 0 Å². The van der Waals surface area contributed by atoms with Crippen molar-refractivity contribution >= 4 is 10.9 Å². The average Bonchev–Trinajstić information content (AvgIpc) is 2.84. The molecule has 0 aliphatic carbocycles. The summed E-state index contributed by atoms with van der Waals surface area (Å²) in [5, 5.41) is 10.0. The highest BCUT2D eigenvalue weighted by Gasteiger charge is 2.02. The second-order valence-electron chi connectivity index (χ2n) is 5.23. The number of fused-ring (bicyclic) bond motifs is 1. The number of benzene rings is 1. The van der Waals surface area contributed by atoms with E-state index in [1.807, 2.05) is 18.2 Å². The lowest BCUT2D eigenvalue weighted by Gasteiger charge is -1.99. The number of aromatic amines is 1. The Bertz CT molecular complexity index is 560. The molecule has 0 atom stereocenters. The van der Waals surface area contributed by atoms with E-state index in [0.29, 0.717) is 0 Å². The van der Waals surface area contributed by atoms with E-state index in [9.17, 15) is 0 Å². The lowest BCUT2D eigenvalue weighted by Crippen LogP contribution is -1.85. The maximum Gasteiger partial charge on any atom is 0.0991 e. The van der Waals surface area contributed by atoms with Gasteiger partial charge in [-0.2, -0.15) is 5.26 Å². The molecule has 0 saturated heterocycles. The molecule has 100 valence electrons. The van der Waals surface area contributed by atoms with Gasteiger partial charge in [-0.15, -0.1) is 0 Å². The second kappa shape index (κ2) is 6.99. The Morgan fingerprint density at radius 3 is 2.63 bits per heavy atom. The maximum atomic E-state index is 8.89. The Morgan fingerprint density at radius 1 is 1.05 bits per heavy atom. The molecule has 19 heavy (non-hydrogen) atoms. The van der Waals surface area contributed by atoms with Crippen LogP contribution in [0.1, 0.15) is 56.7 Å². The molecule has 0 unspecified atom stereocenters. The summed E-state index contributed by atoms with van der Waals surface area (Å²) in [7, 11) is 0. The van der Waals surface area contributed by atoms with Gasteiger partial charge in [-0.3, -0.25) is 0 Å². The first-order chi connectivity index (χ1) is 9.33. The number of hydrogen-bond donors (Lipinski definition) is 1. The Kier molecular flexibility index (Phi) is 5.03. The van der Waals surface area contributed by atoms with Crippen LogP contribution in [-0.2, 0) is 6.42 Å². The molecule has 1 aromatic carbocycles. The average molecular weight is 254 g/mol. The van der Waals surface area contributed by atoms with Gasteiger partial charge in [0.25, 0.3) is 0 Å². The molecule has 0 fully saturated rings. The molecule has 0 bridgehead atoms. The summed E-state index contributed by atoms with van der Waals surface area (Å²) >= 11 is 0. The number of aryl methyl sites for hydroxylation is 1. The Balaban J connectivity index is 1.86. The van der Waals surface area contributed by atoms with Crippen molar-refractivity contribution in [2.24, 2.45) is 0 Å². The zero-order valence-electron chi connectivity index (χ0n) is 11.7. The summed E-state index contributed by atoms with van der Waals surface area (Å²) in [4.78, 5) is 3.44. The highest BCUT2D eigenvalue weighted by Crippen LogP contribution is 2.18. The van der Waals surface area contributed by atoms with Gasteiger partial charge >= 0.3 is 0 Å². The van der Waals surface area contributed by atoms with Crippen LogP contribution < -0.4 is 0 Å². The van der Waals surface area contributed by atoms with Gasteiger partial charge in [0.05, 0.1) is 11.6 Å². The van der Waals surface area contributed by atoms with Crippen molar-refractivity contribution in [1.29, 1.82) is 5.26 Å². The van der Waals surface area contributed by atoms with Gasteiger partial charge in [0.15, 0.2) is 0 Å². The summed E-state index contributed by atoms with van der Waals surface area (Å²) in [6, 6.07) is 10.2. The number of unbranched alkanes of at least 4 members (excludes halogenated alkanes) is 5. The molecule has 1 aromatic heterocycles. The third-order valence-corrected chi connectivity index (χ3v) is 3.61. The summed E-state index contributed by atoms with van der Waals surface area (Å²) < 4.78 is 0. The first-order valence-corrected chi connectivity index (χ1v) is 7.35. The van der Waals surface area contributed by atoms with Crippen molar-refractivity contribution in [3.8, 4) is 6.07 Å². The molecule has 0 radical (unpaired) electrons. The Labute approximate surface area is 115 Å². The molecule has 0 aliphatic heterocycles. The first-order valence-electron chi connectivity index (χ1n) is 7.35. The molecule has 0 saturated carbocycles. The predicted molar refractivity (Wildman–Crippen MR) is 80.1 cm³/mol. The molecular formula is C17H22N2. The van der Waals surface area contributed by atoms with Crippen LogP contribution in [0, 0.1) is 11.3 Å². The fourth-order valence-corrected chi connectivity index (χ4v) is 2.49. The van der Waals surface area contributed by atoms with Gasteiger partial charge in [-0.05, 0) is 37.1 Å². The second-order valence-corrected chi connectivity index (χ2v) is 5.23. The van der Waals surface area contributed by atoms with Crippen LogP contribution in [-0.4, -0.2) is 4.98 Å². The third kappa shape index (κ3) is 3.86. The van der Waals surface area contributed by atoms with Crippen molar-refractivity contribution in [3.05, 3.63) is 35.5 Å². The Morgan fingerprint density at radius 2 is 1.84 bits per heavy atom. The zero-order chi connectivity index (χ0) is 13.5. The molecular weight excluding hydrogens is 232 g/mol. The van der Waals surface area contributed by atoms with Crippen molar-refractivity contribution in [1.82, 2.24) is 4.98 Å². The largest absolute Gasteiger partial charge is 0.358 e. The molecule has 1 heterocycles. The number of H-pyrrole nitrogens is 1. The lowest BCUT2D eigenvalue weighted by molar-refractivity contribution is 0.605. The molecule has 2 rings (SSSR count). The first kappa shape index (κ1) is 13.7. The van der Waals surface area contributed by atoms with Crippen LogP contribution in [0.3, 0.4) is 0 Å². The normalized spacial score (nSPS) is 10.7. The summed E-state index contributed by atoms with van der Waals surface area (Å²) in [6.07, 6.45) is 9.08. The summed E-state index contributed by atoms with van der Waals surface area (Å²) in [5.74, 6) is 0. The number of aromatic nitrogens is 1. The van der Waals surface area contributed by atoms with Gasteiger partial charge in [0, 0.05) is 16.6 Å². The van der Waals surface area contributed by atoms with E-state index < -0.39 is 0 Å². The van der Waals surface area contributed by atoms with Gasteiger partial charge in [-0.25, -0.2) is 0 Å². The van der Waals surface area contributed by atoms with Gasteiger partial charge in [0.1, 0.15) is 0 Å². The highest BCUT2D eigenvalue weighted by molar-refractivity contribution is 5.81. The van der Waals surface area contributed by atoms with Crippen LogP contribution in [0.25, 0.3) is 10.9 Å². The van der Waals surface area contributed by atoms with Crippen LogP contribution in [0.15, 0.2) is 24.3 Å². The smallest absolute Gasteiger partial charge is 0.0991 e. The number of nitrogens with zero attached hydrogens (tertiary/aromatic N) is 1. The van der Waals surface area contributed by atoms with E-state index in [0.717, 1.165) is 22.9 Å². The van der Waals surface area contributed by atoms with E-state index in [4.69, 9.17) is 5.26 Å². The molecule has 0 aliphatic rings. The summed E-state index contributed by atoms with van der Waals surface area (Å²) in [5.41, 5.74) is 3.16.